The first-order valence-corrected chi connectivity index (χ1v) is 15.1. The zero-order valence-corrected chi connectivity index (χ0v) is 23.8. The Hall–Kier alpha value is -4.17. The highest BCUT2D eigenvalue weighted by atomic mass is 16.4. The third-order valence-corrected chi connectivity index (χ3v) is 8.73. The lowest BCUT2D eigenvalue weighted by atomic mass is 9.90. The van der Waals surface area contributed by atoms with Crippen molar-refractivity contribution in [1.29, 1.82) is 0 Å². The number of nitrogens with one attached hydrogen (secondary N) is 2. The van der Waals surface area contributed by atoms with Crippen LogP contribution in [0.1, 0.15) is 85.3 Å². The van der Waals surface area contributed by atoms with E-state index in [9.17, 15) is 9.59 Å². The second kappa shape index (κ2) is 12.8. The van der Waals surface area contributed by atoms with Gasteiger partial charge in [-0.25, -0.2) is 9.78 Å². The number of carbonyl (C=O) groups is 2. The van der Waals surface area contributed by atoms with E-state index in [1.54, 1.807) is 18.6 Å². The van der Waals surface area contributed by atoms with Crippen LogP contribution in [0.15, 0.2) is 71.6 Å². The van der Waals surface area contributed by atoms with Gasteiger partial charge in [-0.2, -0.15) is 0 Å². The van der Waals surface area contributed by atoms with Gasteiger partial charge in [-0.3, -0.25) is 4.79 Å². The van der Waals surface area contributed by atoms with Gasteiger partial charge >= 0.3 is 5.97 Å². The van der Waals surface area contributed by atoms with Crippen molar-refractivity contribution in [3.63, 3.8) is 0 Å². The lowest BCUT2D eigenvalue weighted by Gasteiger charge is -2.30. The fraction of sp³-hybridized carbons (Fsp3) is 0.382. The molecule has 2 aromatic heterocycles. The molecule has 3 N–H and O–H groups in total. The maximum Gasteiger partial charge on any atom is 0.328 e. The summed E-state index contributed by atoms with van der Waals surface area (Å²) in [6, 6.07) is 16.8. The van der Waals surface area contributed by atoms with Gasteiger partial charge in [0.2, 0.25) is 0 Å². The summed E-state index contributed by atoms with van der Waals surface area (Å²) in [4.78, 5) is 28.9. The monoisotopic (exact) mass is 566 g/mol. The lowest BCUT2D eigenvalue weighted by Crippen LogP contribution is -2.42. The molecule has 0 aliphatic heterocycles. The third-order valence-electron chi connectivity index (χ3n) is 8.73. The molecule has 2 aliphatic rings. The molecule has 2 saturated carbocycles. The van der Waals surface area contributed by atoms with E-state index in [2.05, 4.69) is 21.3 Å². The molecule has 2 heterocycles. The predicted molar refractivity (Wildman–Crippen MR) is 163 cm³/mol. The summed E-state index contributed by atoms with van der Waals surface area (Å²) in [6.07, 6.45) is 16.1. The van der Waals surface area contributed by atoms with Gasteiger partial charge in [0.15, 0.2) is 0 Å². The quantitative estimate of drug-likeness (QED) is 0.194. The molecule has 0 bridgehead atoms. The van der Waals surface area contributed by atoms with Crippen LogP contribution >= 0.6 is 0 Å². The molecule has 42 heavy (non-hydrogen) atoms. The molecule has 2 fully saturated rings. The average Bonchev–Trinajstić information content (AvgIpc) is 3.69. The van der Waals surface area contributed by atoms with E-state index < -0.39 is 5.97 Å². The maximum atomic E-state index is 13.3. The number of amides is 1. The van der Waals surface area contributed by atoms with Crippen molar-refractivity contribution in [3.8, 4) is 11.4 Å². The highest BCUT2D eigenvalue weighted by Crippen LogP contribution is 2.36. The van der Waals surface area contributed by atoms with Crippen molar-refractivity contribution in [2.75, 3.05) is 0 Å². The van der Waals surface area contributed by atoms with Crippen molar-refractivity contribution in [2.24, 2.45) is 0 Å². The summed E-state index contributed by atoms with van der Waals surface area (Å²) in [5.41, 5.74) is 5.58. The van der Waals surface area contributed by atoms with Crippen LogP contribution in [0, 0.1) is 0 Å². The van der Waals surface area contributed by atoms with Crippen LogP contribution in [0.25, 0.3) is 28.5 Å². The van der Waals surface area contributed by atoms with Gasteiger partial charge < -0.3 is 24.7 Å². The number of benzene rings is 2. The minimum atomic E-state index is -0.949. The van der Waals surface area contributed by atoms with Crippen LogP contribution < -0.4 is 10.6 Å². The molecule has 0 saturated heterocycles. The van der Waals surface area contributed by atoms with Crippen LogP contribution in [-0.4, -0.2) is 38.6 Å². The smallest absolute Gasteiger partial charge is 0.328 e. The van der Waals surface area contributed by atoms with Crippen molar-refractivity contribution in [2.45, 2.75) is 82.5 Å². The number of furan rings is 1. The van der Waals surface area contributed by atoms with Crippen molar-refractivity contribution in [1.82, 2.24) is 20.2 Å². The molecule has 8 nitrogen and oxygen atoms in total. The van der Waals surface area contributed by atoms with E-state index in [1.165, 1.54) is 19.3 Å². The second-order valence-corrected chi connectivity index (χ2v) is 11.6. The number of nitrogens with zero attached hydrogens (tertiary/aromatic N) is 2. The average molecular weight is 567 g/mol. The summed E-state index contributed by atoms with van der Waals surface area (Å²) in [7, 11) is 0. The van der Waals surface area contributed by atoms with Gasteiger partial charge in [-0.05, 0) is 80.0 Å². The van der Waals surface area contributed by atoms with Crippen molar-refractivity contribution < 1.29 is 19.1 Å². The van der Waals surface area contributed by atoms with Gasteiger partial charge in [0.1, 0.15) is 12.1 Å². The Morgan fingerprint density at radius 1 is 0.952 bits per heavy atom. The van der Waals surface area contributed by atoms with E-state index in [1.807, 2.05) is 42.5 Å². The van der Waals surface area contributed by atoms with Crippen LogP contribution in [0.4, 0.5) is 0 Å². The number of imidazole rings is 1. The molecular formula is C34H38N4O4. The number of fused-ring (bicyclic) bond motifs is 1. The molecule has 0 radical (unpaired) electrons. The number of hydrogen-bond donors (Lipinski definition) is 3. The topological polar surface area (TPSA) is 109 Å². The summed E-state index contributed by atoms with van der Waals surface area (Å²) >= 11 is 0. The number of rotatable bonds is 9. The Balaban J connectivity index is 1.05. The summed E-state index contributed by atoms with van der Waals surface area (Å²) in [5, 5.41) is 15.7. The molecule has 0 spiro atoms. The number of aromatic nitrogens is 2. The van der Waals surface area contributed by atoms with E-state index in [-0.39, 0.29) is 11.9 Å². The number of hydrogen-bond acceptors (Lipinski definition) is 5. The highest BCUT2D eigenvalue weighted by molar-refractivity contribution is 5.98. The lowest BCUT2D eigenvalue weighted by molar-refractivity contribution is -0.131. The van der Waals surface area contributed by atoms with Crippen molar-refractivity contribution >= 4 is 29.0 Å². The van der Waals surface area contributed by atoms with E-state index in [4.69, 9.17) is 14.5 Å². The molecule has 2 aliphatic carbocycles. The van der Waals surface area contributed by atoms with Gasteiger partial charge in [-0.1, -0.05) is 43.5 Å². The zero-order chi connectivity index (χ0) is 28.9. The number of carbonyl (C=O) groups excluding carboxylic acids is 1. The number of carboxylic acids is 1. The molecular weight excluding hydrogens is 528 g/mol. The predicted octanol–water partition coefficient (Wildman–Crippen LogP) is 6.73. The second-order valence-electron chi connectivity index (χ2n) is 11.6. The van der Waals surface area contributed by atoms with Gasteiger partial charge in [0, 0.05) is 36.3 Å². The minimum absolute atomic E-state index is 0.0394. The maximum absolute atomic E-state index is 13.3. The van der Waals surface area contributed by atoms with Crippen LogP contribution in [0.5, 0.6) is 0 Å². The first kappa shape index (κ1) is 28.0. The Morgan fingerprint density at radius 2 is 1.71 bits per heavy atom. The van der Waals surface area contributed by atoms with E-state index >= 15 is 0 Å². The first-order chi connectivity index (χ1) is 20.5. The Labute approximate surface area is 245 Å². The molecule has 4 aromatic rings. The molecule has 2 aromatic carbocycles. The van der Waals surface area contributed by atoms with Gasteiger partial charge in [0.05, 0.1) is 22.9 Å². The molecule has 0 unspecified atom stereocenters. The zero-order valence-electron chi connectivity index (χ0n) is 23.8. The molecule has 8 heteroatoms. The normalized spacial score (nSPS) is 19.8. The fourth-order valence-corrected chi connectivity index (χ4v) is 6.43. The summed E-state index contributed by atoms with van der Waals surface area (Å²) in [6.45, 7) is 0.763. The Bertz CT molecular complexity index is 1540. The fourth-order valence-electron chi connectivity index (χ4n) is 6.43. The van der Waals surface area contributed by atoms with Gasteiger partial charge in [0.25, 0.3) is 5.91 Å². The van der Waals surface area contributed by atoms with E-state index in [0.717, 1.165) is 84.7 Å². The van der Waals surface area contributed by atoms with E-state index in [0.29, 0.717) is 17.6 Å². The molecule has 218 valence electrons. The standard InChI is InChI=1S/C34H38N4O4/c39-32(40)17-10-23-6-8-24(9-7-23)21-35-27-12-14-28(15-13-27)36-34(41)25-11-16-31-30(20-25)37-33(26-18-19-42-22-26)38(31)29-4-2-1-3-5-29/h6-11,16-20,22,27-29,35H,1-5,12-15,21H2,(H,36,41)(H,39,40)/b17-10+. The largest absolute Gasteiger partial charge is 0.478 e. The highest BCUT2D eigenvalue weighted by Gasteiger charge is 2.25. The number of carboxylic acid groups (broad SMARTS) is 1. The number of aliphatic carboxylic acids is 1. The Kier molecular flexibility index (Phi) is 8.51. The third kappa shape index (κ3) is 6.49. The molecule has 6 rings (SSSR count). The van der Waals surface area contributed by atoms with Gasteiger partial charge in [-0.15, -0.1) is 0 Å². The minimum Gasteiger partial charge on any atom is -0.478 e. The Morgan fingerprint density at radius 3 is 2.43 bits per heavy atom. The van der Waals surface area contributed by atoms with Crippen LogP contribution in [0.3, 0.4) is 0 Å². The van der Waals surface area contributed by atoms with Crippen LogP contribution in [0.2, 0.25) is 0 Å². The first-order valence-electron chi connectivity index (χ1n) is 15.1. The molecule has 1 amide bonds. The summed E-state index contributed by atoms with van der Waals surface area (Å²) < 4.78 is 7.74. The molecule has 0 atom stereocenters. The van der Waals surface area contributed by atoms with Crippen molar-refractivity contribution in [3.05, 3.63) is 83.8 Å². The van der Waals surface area contributed by atoms with Crippen LogP contribution in [-0.2, 0) is 11.3 Å². The summed E-state index contributed by atoms with van der Waals surface area (Å²) in [5.74, 6) is -0.0717. The SMILES string of the molecule is O=C(O)/C=C/c1ccc(CNC2CCC(NC(=O)c3ccc4c(c3)nc(-c3ccoc3)n4C3CCCCC3)CC2)cc1.